The average molecular weight is 456 g/mol. The van der Waals surface area contributed by atoms with Crippen LogP contribution in [0.2, 0.25) is 0 Å². The molecule has 3 aromatic rings. The highest BCUT2D eigenvalue weighted by atomic mass is 19.4. The maximum absolute atomic E-state index is 13.7. The summed E-state index contributed by atoms with van der Waals surface area (Å²) >= 11 is 0. The van der Waals surface area contributed by atoms with Gasteiger partial charge < -0.3 is 10.0 Å². The number of aliphatic hydroxyl groups is 1. The van der Waals surface area contributed by atoms with Gasteiger partial charge in [-0.2, -0.15) is 13.2 Å². The summed E-state index contributed by atoms with van der Waals surface area (Å²) in [6.45, 7) is 5.88. The van der Waals surface area contributed by atoms with Crippen LogP contribution in [0.5, 0.6) is 0 Å². The quantitative estimate of drug-likeness (QED) is 0.461. The Labute approximate surface area is 192 Å². The van der Waals surface area contributed by atoms with Gasteiger partial charge in [0.05, 0.1) is 5.56 Å². The lowest BCUT2D eigenvalue weighted by Gasteiger charge is -2.33. The number of hydrogen-bond donors (Lipinski definition) is 1. The van der Waals surface area contributed by atoms with Crippen molar-refractivity contribution in [2.24, 2.45) is 0 Å². The fraction of sp³-hybridized carbons (Fsp3) is 0.296. The van der Waals surface area contributed by atoms with E-state index in [9.17, 15) is 23.1 Å². The summed E-state index contributed by atoms with van der Waals surface area (Å²) in [6, 6.07) is 19.4. The molecule has 0 aromatic heterocycles. The molecule has 3 nitrogen and oxygen atoms in total. The van der Waals surface area contributed by atoms with Crippen LogP contribution in [0.25, 0.3) is 0 Å². The van der Waals surface area contributed by atoms with Gasteiger partial charge in [-0.25, -0.2) is 0 Å². The van der Waals surface area contributed by atoms with E-state index in [1.165, 1.54) is 17.0 Å². The lowest BCUT2D eigenvalue weighted by atomic mass is 9.89. The number of alkyl halides is 3. The van der Waals surface area contributed by atoms with Crippen molar-refractivity contribution >= 4 is 11.6 Å². The first-order chi connectivity index (χ1) is 15.6. The van der Waals surface area contributed by atoms with Gasteiger partial charge >= 0.3 is 6.18 Å². The number of halogens is 3. The zero-order valence-corrected chi connectivity index (χ0v) is 19.0. The van der Waals surface area contributed by atoms with Gasteiger partial charge in [0, 0.05) is 12.2 Å². The number of carbonyl (C=O) groups excluding carboxylic acids is 1. The monoisotopic (exact) mass is 455 g/mol. The summed E-state index contributed by atoms with van der Waals surface area (Å²) in [5.41, 5.74) is 1.45. The molecule has 0 radical (unpaired) electrons. The Morgan fingerprint density at radius 1 is 0.879 bits per heavy atom. The molecule has 33 heavy (non-hydrogen) atoms. The maximum atomic E-state index is 13.7. The van der Waals surface area contributed by atoms with Crippen LogP contribution in [0.3, 0.4) is 0 Å². The van der Waals surface area contributed by atoms with Crippen molar-refractivity contribution in [3.63, 3.8) is 0 Å². The summed E-state index contributed by atoms with van der Waals surface area (Å²) in [7, 11) is 0. The molecule has 6 heteroatoms. The second-order valence-electron chi connectivity index (χ2n) is 8.25. The predicted octanol–water partition coefficient (Wildman–Crippen LogP) is 6.20. The van der Waals surface area contributed by atoms with Gasteiger partial charge in [0.25, 0.3) is 5.91 Å². The van der Waals surface area contributed by atoms with Gasteiger partial charge in [-0.15, -0.1) is 0 Å². The number of aryl methyl sites for hydroxylation is 2. The van der Waals surface area contributed by atoms with Gasteiger partial charge in [0.1, 0.15) is 0 Å². The molecule has 0 fully saturated rings. The summed E-state index contributed by atoms with van der Waals surface area (Å²) in [4.78, 5) is 15.3. The van der Waals surface area contributed by atoms with Crippen LogP contribution in [-0.4, -0.2) is 17.6 Å². The first kappa shape index (κ1) is 24.5. The molecular formula is C27H28F3NO2. The van der Waals surface area contributed by atoms with E-state index in [1.807, 2.05) is 38.1 Å². The molecule has 0 spiro atoms. The Kier molecular flexibility index (Phi) is 7.28. The van der Waals surface area contributed by atoms with Crippen molar-refractivity contribution in [3.8, 4) is 0 Å². The Bertz CT molecular complexity index is 1090. The van der Waals surface area contributed by atoms with E-state index >= 15 is 0 Å². The van der Waals surface area contributed by atoms with E-state index in [0.29, 0.717) is 23.2 Å². The highest BCUT2D eigenvalue weighted by Gasteiger charge is 2.40. The zero-order chi connectivity index (χ0) is 24.2. The molecule has 0 heterocycles. The summed E-state index contributed by atoms with van der Waals surface area (Å²) in [5.74, 6) is -0.466. The Morgan fingerprint density at radius 3 is 2.06 bits per heavy atom. The highest BCUT2D eigenvalue weighted by Crippen LogP contribution is 2.32. The standard InChI is InChI=1S/C27H28F3NO2/c1-4-26(33,22-8-6-5-7-9-22)25(32)31(24-15-10-19(2)20(3)18-24)17-16-21-11-13-23(14-12-21)27(28,29)30/h5-15,18,33H,4,16-17H2,1-3H3. The molecule has 174 valence electrons. The number of benzene rings is 3. The third-order valence-electron chi connectivity index (χ3n) is 6.07. The second-order valence-corrected chi connectivity index (χ2v) is 8.25. The third-order valence-corrected chi connectivity index (χ3v) is 6.07. The zero-order valence-electron chi connectivity index (χ0n) is 19.0. The fourth-order valence-electron chi connectivity index (χ4n) is 3.76. The number of hydrogen-bond acceptors (Lipinski definition) is 2. The van der Waals surface area contributed by atoms with Crippen molar-refractivity contribution in [1.82, 2.24) is 0 Å². The summed E-state index contributed by atoms with van der Waals surface area (Å²) < 4.78 is 38.6. The van der Waals surface area contributed by atoms with E-state index in [-0.39, 0.29) is 13.0 Å². The molecule has 1 amide bonds. The normalized spacial score (nSPS) is 13.4. The Morgan fingerprint density at radius 2 is 1.52 bits per heavy atom. The van der Waals surface area contributed by atoms with Gasteiger partial charge in [-0.3, -0.25) is 4.79 Å². The molecule has 3 aromatic carbocycles. The number of amides is 1. The van der Waals surface area contributed by atoms with Crippen LogP contribution >= 0.6 is 0 Å². The lowest BCUT2D eigenvalue weighted by Crippen LogP contribution is -2.47. The molecular weight excluding hydrogens is 427 g/mol. The van der Waals surface area contributed by atoms with E-state index in [4.69, 9.17) is 0 Å². The number of anilines is 1. The summed E-state index contributed by atoms with van der Waals surface area (Å²) in [6.07, 6.45) is -3.88. The van der Waals surface area contributed by atoms with Crippen molar-refractivity contribution in [2.45, 2.75) is 45.4 Å². The van der Waals surface area contributed by atoms with Gasteiger partial charge in [-0.1, -0.05) is 55.5 Å². The lowest BCUT2D eigenvalue weighted by molar-refractivity contribution is -0.138. The molecule has 0 saturated carbocycles. The molecule has 0 aliphatic rings. The molecule has 1 unspecified atom stereocenters. The molecule has 1 N–H and O–H groups in total. The predicted molar refractivity (Wildman–Crippen MR) is 124 cm³/mol. The molecule has 0 aliphatic carbocycles. The van der Waals surface area contributed by atoms with Crippen molar-refractivity contribution in [2.75, 3.05) is 11.4 Å². The van der Waals surface area contributed by atoms with Gasteiger partial charge in [0.2, 0.25) is 0 Å². The number of nitrogens with zero attached hydrogens (tertiary/aromatic N) is 1. The van der Waals surface area contributed by atoms with Crippen molar-refractivity contribution in [1.29, 1.82) is 0 Å². The van der Waals surface area contributed by atoms with E-state index in [2.05, 4.69) is 0 Å². The minimum absolute atomic E-state index is 0.178. The van der Waals surface area contributed by atoms with Crippen LogP contribution < -0.4 is 4.90 Å². The van der Waals surface area contributed by atoms with Crippen LogP contribution in [0.15, 0.2) is 72.8 Å². The molecule has 1 atom stereocenters. The van der Waals surface area contributed by atoms with Crippen molar-refractivity contribution in [3.05, 3.63) is 101 Å². The van der Waals surface area contributed by atoms with E-state index in [1.54, 1.807) is 31.2 Å². The van der Waals surface area contributed by atoms with Crippen LogP contribution in [0.4, 0.5) is 18.9 Å². The molecule has 3 rings (SSSR count). The third kappa shape index (κ3) is 5.45. The summed E-state index contributed by atoms with van der Waals surface area (Å²) in [5, 5.41) is 11.4. The van der Waals surface area contributed by atoms with Gasteiger partial charge in [0.15, 0.2) is 5.60 Å². The van der Waals surface area contributed by atoms with Crippen molar-refractivity contribution < 1.29 is 23.1 Å². The SMILES string of the molecule is CCC(O)(C(=O)N(CCc1ccc(C(F)(F)F)cc1)c1ccc(C)c(C)c1)c1ccccc1. The van der Waals surface area contributed by atoms with Crippen LogP contribution in [-0.2, 0) is 23.0 Å². The highest BCUT2D eigenvalue weighted by molar-refractivity contribution is 6.00. The molecule has 0 aliphatic heterocycles. The topological polar surface area (TPSA) is 40.5 Å². The maximum Gasteiger partial charge on any atom is 0.416 e. The Balaban J connectivity index is 1.94. The number of carbonyl (C=O) groups is 1. The molecule has 0 bridgehead atoms. The first-order valence-electron chi connectivity index (χ1n) is 10.9. The minimum Gasteiger partial charge on any atom is -0.375 e. The largest absolute Gasteiger partial charge is 0.416 e. The molecule has 0 saturated heterocycles. The smallest absolute Gasteiger partial charge is 0.375 e. The van der Waals surface area contributed by atoms with Crippen LogP contribution in [0, 0.1) is 13.8 Å². The minimum atomic E-state index is -4.40. The van der Waals surface area contributed by atoms with Gasteiger partial charge in [-0.05, 0) is 73.2 Å². The number of rotatable bonds is 7. The average Bonchev–Trinajstić information content (AvgIpc) is 2.81. The second kappa shape index (κ2) is 9.79. The van der Waals surface area contributed by atoms with Crippen LogP contribution in [0.1, 0.15) is 41.2 Å². The first-order valence-corrected chi connectivity index (χ1v) is 10.9. The van der Waals surface area contributed by atoms with E-state index in [0.717, 1.165) is 23.3 Å². The van der Waals surface area contributed by atoms with E-state index < -0.39 is 23.2 Å². The Hall–Kier alpha value is -3.12. The fourth-order valence-corrected chi connectivity index (χ4v) is 3.76.